The maximum Gasteiger partial charge on any atom is 0.231 e. The highest BCUT2D eigenvalue weighted by Crippen LogP contribution is 2.60. The van der Waals surface area contributed by atoms with Crippen LogP contribution in [0.4, 0.5) is 0 Å². The molecule has 3 nitrogen and oxygen atoms in total. The Hall–Kier alpha value is -0.570. The normalized spacial score (nSPS) is 41.5. The second kappa shape index (κ2) is 3.96. The number of rotatable bonds is 3. The molecule has 0 atom stereocenters. The van der Waals surface area contributed by atoms with E-state index in [-0.39, 0.29) is 0 Å². The summed E-state index contributed by atoms with van der Waals surface area (Å²) < 4.78 is 5.62. The van der Waals surface area contributed by atoms with Crippen LogP contribution >= 0.6 is 11.6 Å². The van der Waals surface area contributed by atoms with Crippen molar-refractivity contribution < 1.29 is 4.42 Å². The predicted octanol–water partition coefficient (Wildman–Crippen LogP) is 3.57. The van der Waals surface area contributed by atoms with Crippen LogP contribution in [0.5, 0.6) is 0 Å². The molecule has 0 radical (unpaired) electrons. The van der Waals surface area contributed by atoms with Gasteiger partial charge in [-0.1, -0.05) is 0 Å². The summed E-state index contributed by atoms with van der Waals surface area (Å²) in [5, 5.41) is 8.15. The lowest BCUT2D eigenvalue weighted by atomic mass is 9.49. The molecule has 0 amide bonds. The molecule has 1 heterocycles. The monoisotopic (exact) mass is 266 g/mol. The number of aromatic nitrogens is 2. The van der Waals surface area contributed by atoms with Crippen molar-refractivity contribution in [3.8, 4) is 0 Å². The molecule has 4 aliphatic rings. The summed E-state index contributed by atoms with van der Waals surface area (Å²) in [6.07, 6.45) is 9.59. The summed E-state index contributed by atoms with van der Waals surface area (Å²) >= 11 is 5.72. The highest BCUT2D eigenvalue weighted by molar-refractivity contribution is 6.16. The Morgan fingerprint density at radius 3 is 2.06 bits per heavy atom. The molecule has 4 fully saturated rings. The Kier molecular flexibility index (Phi) is 2.48. The molecule has 1 aromatic rings. The second-order valence-electron chi connectivity index (χ2n) is 6.82. The van der Waals surface area contributed by atoms with Gasteiger partial charge in [0.05, 0.1) is 0 Å². The molecule has 0 N–H and O–H groups in total. The highest BCUT2D eigenvalue weighted by atomic mass is 35.5. The first-order valence-corrected chi connectivity index (χ1v) is 7.65. The first-order valence-electron chi connectivity index (χ1n) is 7.12. The van der Waals surface area contributed by atoms with Crippen LogP contribution in [0.3, 0.4) is 0 Å². The number of nitrogens with zero attached hydrogens (tertiary/aromatic N) is 2. The lowest BCUT2D eigenvalue weighted by molar-refractivity contribution is -0.0551. The highest BCUT2D eigenvalue weighted by Gasteiger charge is 2.51. The zero-order valence-corrected chi connectivity index (χ0v) is 11.3. The average molecular weight is 267 g/mol. The quantitative estimate of drug-likeness (QED) is 0.785. The zero-order chi connectivity index (χ0) is 12.2. The van der Waals surface area contributed by atoms with Gasteiger partial charge in [0.15, 0.2) is 0 Å². The van der Waals surface area contributed by atoms with Crippen molar-refractivity contribution >= 4 is 11.6 Å². The van der Waals surface area contributed by atoms with Gasteiger partial charge in [0.2, 0.25) is 11.8 Å². The standard InChI is InChI=1S/C14H19ClN2O/c15-8-13-17-16-12(18-13)7-14-4-9-1-10(5-14)3-11(2-9)6-14/h9-11H,1-8H2. The van der Waals surface area contributed by atoms with E-state index in [0.717, 1.165) is 30.1 Å². The maximum atomic E-state index is 5.72. The van der Waals surface area contributed by atoms with E-state index in [0.29, 0.717) is 17.2 Å². The summed E-state index contributed by atoms with van der Waals surface area (Å²) in [7, 11) is 0. The van der Waals surface area contributed by atoms with Crippen LogP contribution in [0.1, 0.15) is 50.3 Å². The Balaban J connectivity index is 1.56. The van der Waals surface area contributed by atoms with Gasteiger partial charge in [-0.3, -0.25) is 0 Å². The van der Waals surface area contributed by atoms with Crippen LogP contribution in [-0.2, 0) is 12.3 Å². The SMILES string of the molecule is ClCc1nnc(CC23CC4CC(CC(C4)C2)C3)o1. The van der Waals surface area contributed by atoms with Crippen LogP contribution in [0.25, 0.3) is 0 Å². The summed E-state index contributed by atoms with van der Waals surface area (Å²) in [4.78, 5) is 0. The fraction of sp³-hybridized carbons (Fsp3) is 0.857. The van der Waals surface area contributed by atoms with Crippen LogP contribution in [0.2, 0.25) is 0 Å². The molecule has 4 heteroatoms. The third kappa shape index (κ3) is 1.78. The molecule has 1 aromatic heterocycles. The van der Waals surface area contributed by atoms with Gasteiger partial charge in [0.1, 0.15) is 5.88 Å². The van der Waals surface area contributed by atoms with Crippen molar-refractivity contribution in [1.29, 1.82) is 0 Å². The molecular weight excluding hydrogens is 248 g/mol. The van der Waals surface area contributed by atoms with Gasteiger partial charge in [-0.15, -0.1) is 21.8 Å². The van der Waals surface area contributed by atoms with E-state index in [2.05, 4.69) is 10.2 Å². The van der Waals surface area contributed by atoms with Gasteiger partial charge >= 0.3 is 0 Å². The van der Waals surface area contributed by atoms with E-state index >= 15 is 0 Å². The summed E-state index contributed by atoms with van der Waals surface area (Å²) in [6, 6.07) is 0. The minimum absolute atomic E-state index is 0.327. The van der Waals surface area contributed by atoms with E-state index in [4.69, 9.17) is 16.0 Å². The van der Waals surface area contributed by atoms with E-state index in [9.17, 15) is 0 Å². The van der Waals surface area contributed by atoms with Crippen LogP contribution in [-0.4, -0.2) is 10.2 Å². The predicted molar refractivity (Wildman–Crippen MR) is 68.2 cm³/mol. The molecule has 0 saturated heterocycles. The van der Waals surface area contributed by atoms with Crippen LogP contribution < -0.4 is 0 Å². The van der Waals surface area contributed by atoms with Gasteiger partial charge in [-0.05, 0) is 61.7 Å². The molecule has 0 aromatic carbocycles. The minimum atomic E-state index is 0.327. The van der Waals surface area contributed by atoms with Crippen molar-refractivity contribution in [3.05, 3.63) is 11.8 Å². The second-order valence-corrected chi connectivity index (χ2v) is 7.08. The third-order valence-corrected chi connectivity index (χ3v) is 5.54. The topological polar surface area (TPSA) is 38.9 Å². The van der Waals surface area contributed by atoms with Gasteiger partial charge < -0.3 is 4.42 Å². The molecule has 98 valence electrons. The van der Waals surface area contributed by atoms with Gasteiger partial charge in [0, 0.05) is 6.42 Å². The third-order valence-electron chi connectivity index (χ3n) is 5.31. The van der Waals surface area contributed by atoms with E-state index in [1.165, 1.54) is 38.5 Å². The number of hydrogen-bond donors (Lipinski definition) is 0. The molecule has 4 aliphatic carbocycles. The van der Waals surface area contributed by atoms with Gasteiger partial charge in [-0.25, -0.2) is 0 Å². The van der Waals surface area contributed by atoms with Crippen LogP contribution in [0, 0.1) is 23.2 Å². The molecular formula is C14H19ClN2O. The fourth-order valence-corrected chi connectivity index (χ4v) is 5.35. The summed E-state index contributed by atoms with van der Waals surface area (Å²) in [5.74, 6) is 4.64. The average Bonchev–Trinajstić information content (AvgIpc) is 2.74. The number of alkyl halides is 1. The lowest BCUT2D eigenvalue weighted by Gasteiger charge is -2.56. The van der Waals surface area contributed by atoms with Crippen molar-refractivity contribution in [1.82, 2.24) is 10.2 Å². The lowest BCUT2D eigenvalue weighted by Crippen LogP contribution is -2.47. The first-order chi connectivity index (χ1) is 8.75. The minimum Gasteiger partial charge on any atom is -0.424 e. The molecule has 4 saturated carbocycles. The molecule has 0 aliphatic heterocycles. The largest absolute Gasteiger partial charge is 0.424 e. The van der Waals surface area contributed by atoms with Crippen molar-refractivity contribution in [2.75, 3.05) is 0 Å². The molecule has 0 spiro atoms. The Morgan fingerprint density at radius 2 is 1.56 bits per heavy atom. The Bertz CT molecular complexity index is 421. The van der Waals surface area contributed by atoms with E-state index in [1.54, 1.807) is 0 Å². The zero-order valence-electron chi connectivity index (χ0n) is 10.6. The van der Waals surface area contributed by atoms with Crippen LogP contribution in [0.15, 0.2) is 4.42 Å². The Morgan fingerprint density at radius 1 is 1.00 bits per heavy atom. The number of hydrogen-bond acceptors (Lipinski definition) is 3. The molecule has 4 bridgehead atoms. The van der Waals surface area contributed by atoms with Crippen molar-refractivity contribution in [3.63, 3.8) is 0 Å². The molecule has 0 unspecified atom stereocenters. The van der Waals surface area contributed by atoms with Crippen molar-refractivity contribution in [2.24, 2.45) is 23.2 Å². The summed E-state index contributed by atoms with van der Waals surface area (Å²) in [5.41, 5.74) is 0.477. The molecule has 5 rings (SSSR count). The Labute approximate surface area is 112 Å². The van der Waals surface area contributed by atoms with E-state index < -0.39 is 0 Å². The van der Waals surface area contributed by atoms with E-state index in [1.807, 2.05) is 0 Å². The number of halogens is 1. The fourth-order valence-electron chi connectivity index (χ4n) is 5.24. The van der Waals surface area contributed by atoms with Gasteiger partial charge in [-0.2, -0.15) is 0 Å². The smallest absolute Gasteiger partial charge is 0.231 e. The first kappa shape index (κ1) is 11.3. The molecule has 18 heavy (non-hydrogen) atoms. The summed E-state index contributed by atoms with van der Waals surface area (Å²) in [6.45, 7) is 0. The maximum absolute atomic E-state index is 5.72. The van der Waals surface area contributed by atoms with Gasteiger partial charge in [0.25, 0.3) is 0 Å². The van der Waals surface area contributed by atoms with Crippen molar-refractivity contribution in [2.45, 2.75) is 50.8 Å².